The Labute approximate surface area is 296 Å². The number of ether oxygens (including phenoxy) is 2. The van der Waals surface area contributed by atoms with Crippen LogP contribution in [0.4, 0.5) is 0 Å². The van der Waals surface area contributed by atoms with Crippen LogP contribution in [0.15, 0.2) is 60.8 Å². The van der Waals surface area contributed by atoms with Crippen molar-refractivity contribution in [3.8, 4) is 0 Å². The first kappa shape index (κ1) is 46.7. The van der Waals surface area contributed by atoms with Gasteiger partial charge in [0, 0.05) is 12.8 Å². The maximum atomic E-state index is 12.5. The van der Waals surface area contributed by atoms with Gasteiger partial charge in [0.25, 0.3) is 0 Å². The van der Waals surface area contributed by atoms with E-state index in [0.717, 1.165) is 64.2 Å². The third kappa shape index (κ3) is 33.9. The second kappa shape index (κ2) is 34.1. The molecule has 3 N–H and O–H groups in total. The van der Waals surface area contributed by atoms with Crippen molar-refractivity contribution in [2.45, 2.75) is 142 Å². The zero-order chi connectivity index (χ0) is 36.3. The molecule has 0 radical (unpaired) electrons. The fourth-order valence-electron chi connectivity index (χ4n) is 4.35. The summed E-state index contributed by atoms with van der Waals surface area (Å²) in [4.78, 5) is 34.7. The Hall–Kier alpha value is -2.33. The maximum absolute atomic E-state index is 12.5. The van der Waals surface area contributed by atoms with E-state index in [2.05, 4.69) is 60.9 Å². The molecule has 0 aromatic rings. The lowest BCUT2D eigenvalue weighted by molar-refractivity contribution is -0.161. The SMILES string of the molecule is CC/C=C\C/C=C\C/C=C\C/C=C\CCC(=O)OC(COC(=O)CCCCCCC/C=C\CCCCCC)COP(=O)(O)OCC(O)CO. The molecule has 10 nitrogen and oxygen atoms in total. The third-order valence-electron chi connectivity index (χ3n) is 7.17. The van der Waals surface area contributed by atoms with Gasteiger partial charge in [-0.3, -0.25) is 18.6 Å². The Kier molecular flexibility index (Phi) is 32.5. The van der Waals surface area contributed by atoms with E-state index < -0.39 is 51.8 Å². The van der Waals surface area contributed by atoms with Crippen LogP contribution in [0.5, 0.6) is 0 Å². The first-order valence-electron chi connectivity index (χ1n) is 18.2. The van der Waals surface area contributed by atoms with E-state index in [1.807, 2.05) is 18.2 Å². The fourth-order valence-corrected chi connectivity index (χ4v) is 5.14. The van der Waals surface area contributed by atoms with Crippen molar-refractivity contribution < 1.29 is 47.8 Å². The summed E-state index contributed by atoms with van der Waals surface area (Å²) in [6.45, 7) is 2.11. The monoisotopic (exact) mass is 712 g/mol. The van der Waals surface area contributed by atoms with Crippen LogP contribution in [0.1, 0.15) is 129 Å². The predicted molar refractivity (Wildman–Crippen MR) is 196 cm³/mol. The minimum absolute atomic E-state index is 0.0589. The predicted octanol–water partition coefficient (Wildman–Crippen LogP) is 8.77. The maximum Gasteiger partial charge on any atom is 0.472 e. The molecule has 11 heteroatoms. The molecule has 0 aliphatic rings. The minimum Gasteiger partial charge on any atom is -0.462 e. The summed E-state index contributed by atoms with van der Waals surface area (Å²) in [6.07, 6.45) is 35.0. The van der Waals surface area contributed by atoms with Crippen molar-refractivity contribution in [1.82, 2.24) is 0 Å². The molecule has 282 valence electrons. The number of unbranched alkanes of at least 4 members (excludes halogenated alkanes) is 9. The lowest BCUT2D eigenvalue weighted by Crippen LogP contribution is -2.29. The number of rotatable bonds is 33. The average Bonchev–Trinajstić information content (AvgIpc) is 3.09. The van der Waals surface area contributed by atoms with Gasteiger partial charge in [0.2, 0.25) is 0 Å². The van der Waals surface area contributed by atoms with Gasteiger partial charge in [0.1, 0.15) is 12.7 Å². The fraction of sp³-hybridized carbons (Fsp3) is 0.684. The molecule has 0 fully saturated rings. The molecule has 49 heavy (non-hydrogen) atoms. The Bertz CT molecular complexity index is 1000. The topological polar surface area (TPSA) is 149 Å². The molecule has 3 unspecified atom stereocenters. The van der Waals surface area contributed by atoms with Gasteiger partial charge in [-0.2, -0.15) is 0 Å². The summed E-state index contributed by atoms with van der Waals surface area (Å²) in [5, 5.41) is 18.2. The van der Waals surface area contributed by atoms with Crippen LogP contribution in [0, 0.1) is 0 Å². The number of carbonyl (C=O) groups excluding carboxylic acids is 2. The van der Waals surface area contributed by atoms with Gasteiger partial charge in [-0.25, -0.2) is 4.57 Å². The Balaban J connectivity index is 4.53. The van der Waals surface area contributed by atoms with E-state index in [1.54, 1.807) is 0 Å². The summed E-state index contributed by atoms with van der Waals surface area (Å²) in [5.41, 5.74) is 0. The first-order chi connectivity index (χ1) is 23.7. The van der Waals surface area contributed by atoms with Gasteiger partial charge >= 0.3 is 19.8 Å². The molecule has 0 rings (SSSR count). The highest BCUT2D eigenvalue weighted by atomic mass is 31.2. The van der Waals surface area contributed by atoms with Gasteiger partial charge < -0.3 is 24.6 Å². The summed E-state index contributed by atoms with van der Waals surface area (Å²) >= 11 is 0. The van der Waals surface area contributed by atoms with Crippen molar-refractivity contribution in [2.24, 2.45) is 0 Å². The summed E-state index contributed by atoms with van der Waals surface area (Å²) < 4.78 is 32.4. The number of allylic oxidation sites excluding steroid dienone is 10. The highest BCUT2D eigenvalue weighted by molar-refractivity contribution is 7.47. The Morgan fingerprint density at radius 1 is 0.633 bits per heavy atom. The zero-order valence-electron chi connectivity index (χ0n) is 30.1. The number of aliphatic hydroxyl groups is 2. The Morgan fingerprint density at radius 3 is 1.78 bits per heavy atom. The summed E-state index contributed by atoms with van der Waals surface area (Å²) in [5.74, 6) is -1.04. The zero-order valence-corrected chi connectivity index (χ0v) is 31.0. The first-order valence-corrected chi connectivity index (χ1v) is 19.7. The van der Waals surface area contributed by atoms with E-state index in [4.69, 9.17) is 19.1 Å². The molecule has 0 aliphatic carbocycles. The van der Waals surface area contributed by atoms with E-state index in [1.165, 1.54) is 25.7 Å². The second-order valence-corrected chi connectivity index (χ2v) is 13.3. The third-order valence-corrected chi connectivity index (χ3v) is 8.12. The second-order valence-electron chi connectivity index (χ2n) is 11.9. The number of hydrogen-bond donors (Lipinski definition) is 3. The van der Waals surface area contributed by atoms with Gasteiger partial charge in [-0.1, -0.05) is 113 Å². The van der Waals surface area contributed by atoms with Crippen LogP contribution in [-0.2, 0) is 32.7 Å². The largest absolute Gasteiger partial charge is 0.472 e. The van der Waals surface area contributed by atoms with E-state index in [-0.39, 0.29) is 19.4 Å². The van der Waals surface area contributed by atoms with Crippen LogP contribution in [0.25, 0.3) is 0 Å². The number of phosphoric ester groups is 1. The minimum atomic E-state index is -4.63. The molecule has 0 heterocycles. The van der Waals surface area contributed by atoms with E-state index in [9.17, 15) is 24.2 Å². The molecule has 0 amide bonds. The van der Waals surface area contributed by atoms with Crippen molar-refractivity contribution in [1.29, 1.82) is 0 Å². The standard InChI is InChI=1S/C38H65O10P/c1-3-5-7-9-11-13-15-17-19-21-23-25-27-29-37(41)45-33-36(34-47-49(43,44)46-32-35(40)31-39)48-38(42)30-28-26-24-22-20-18-16-14-12-10-8-6-4-2/h6,8,12-15,18,20,24,26,35-36,39-40H,3-5,7,9-11,16-17,19,21-23,25,27-34H2,1-2H3,(H,43,44)/b8-6-,14-12-,15-13-,20-18-,26-24-. The van der Waals surface area contributed by atoms with Gasteiger partial charge in [-0.05, 0) is 64.2 Å². The molecular formula is C38H65O10P. The average molecular weight is 713 g/mol. The van der Waals surface area contributed by atoms with E-state index >= 15 is 0 Å². The van der Waals surface area contributed by atoms with E-state index in [0.29, 0.717) is 12.8 Å². The van der Waals surface area contributed by atoms with Crippen molar-refractivity contribution in [2.75, 3.05) is 26.4 Å². The van der Waals surface area contributed by atoms with Crippen LogP contribution >= 0.6 is 7.82 Å². The molecule has 0 saturated heterocycles. The number of esters is 2. The number of carbonyl (C=O) groups is 2. The summed E-state index contributed by atoms with van der Waals surface area (Å²) in [6, 6.07) is 0. The molecular weight excluding hydrogens is 647 g/mol. The number of aliphatic hydroxyl groups excluding tert-OH is 2. The lowest BCUT2D eigenvalue weighted by atomic mass is 10.1. The van der Waals surface area contributed by atoms with Crippen molar-refractivity contribution in [3.63, 3.8) is 0 Å². The summed E-state index contributed by atoms with van der Waals surface area (Å²) in [7, 11) is -4.63. The van der Waals surface area contributed by atoms with Crippen molar-refractivity contribution >= 4 is 19.8 Å². The normalized spacial score (nSPS) is 14.8. The molecule has 0 aromatic heterocycles. The van der Waals surface area contributed by atoms with Crippen LogP contribution in [0.2, 0.25) is 0 Å². The molecule has 0 aromatic carbocycles. The smallest absolute Gasteiger partial charge is 0.462 e. The van der Waals surface area contributed by atoms with Gasteiger partial charge in [0.15, 0.2) is 6.10 Å². The van der Waals surface area contributed by atoms with Crippen LogP contribution < -0.4 is 0 Å². The van der Waals surface area contributed by atoms with Crippen LogP contribution in [0.3, 0.4) is 0 Å². The molecule has 3 atom stereocenters. The molecule has 0 bridgehead atoms. The number of hydrogen-bond acceptors (Lipinski definition) is 9. The Morgan fingerprint density at radius 2 is 1.16 bits per heavy atom. The van der Waals surface area contributed by atoms with Gasteiger partial charge in [-0.15, -0.1) is 0 Å². The lowest BCUT2D eigenvalue weighted by Gasteiger charge is -2.20. The van der Waals surface area contributed by atoms with Crippen molar-refractivity contribution in [3.05, 3.63) is 60.8 Å². The molecule has 0 saturated carbocycles. The van der Waals surface area contributed by atoms with Gasteiger partial charge in [0.05, 0.1) is 19.8 Å². The quantitative estimate of drug-likeness (QED) is 0.0261. The highest BCUT2D eigenvalue weighted by Gasteiger charge is 2.27. The van der Waals surface area contributed by atoms with Crippen LogP contribution in [-0.4, -0.2) is 65.7 Å². The molecule has 0 aliphatic heterocycles. The number of phosphoric acid groups is 1. The highest BCUT2D eigenvalue weighted by Crippen LogP contribution is 2.43. The molecule has 0 spiro atoms.